The van der Waals surface area contributed by atoms with E-state index < -0.39 is 6.10 Å². The van der Waals surface area contributed by atoms with Crippen LogP contribution in [0, 0.1) is 0 Å². The number of rotatable bonds is 5. The quantitative estimate of drug-likeness (QED) is 0.721. The maximum atomic E-state index is 10.8. The largest absolute Gasteiger partial charge is 0.386 e. The Morgan fingerprint density at radius 3 is 1.59 bits per heavy atom. The molecule has 0 saturated heterocycles. The van der Waals surface area contributed by atoms with E-state index in [1.54, 1.807) is 0 Å². The minimum Gasteiger partial charge on any atom is -0.386 e. The highest BCUT2D eigenvalue weighted by Gasteiger charge is 2.22. The van der Waals surface area contributed by atoms with Crippen molar-refractivity contribution in [2.24, 2.45) is 0 Å². The first-order chi connectivity index (χ1) is 10.8. The zero-order chi connectivity index (χ0) is 15.2. The molecule has 22 heavy (non-hydrogen) atoms. The Morgan fingerprint density at radius 1 is 0.591 bits per heavy atom. The van der Waals surface area contributed by atoms with E-state index >= 15 is 0 Å². The molecule has 3 aromatic rings. The van der Waals surface area contributed by atoms with E-state index in [-0.39, 0.29) is 6.04 Å². The van der Waals surface area contributed by atoms with E-state index in [4.69, 9.17) is 0 Å². The number of hydrogen-bond donors (Lipinski definition) is 2. The molecule has 0 radical (unpaired) electrons. The molecule has 110 valence electrons. The van der Waals surface area contributed by atoms with Crippen molar-refractivity contribution in [1.29, 1.82) is 0 Å². The fourth-order valence-corrected chi connectivity index (χ4v) is 2.56. The van der Waals surface area contributed by atoms with Crippen molar-refractivity contribution in [3.63, 3.8) is 0 Å². The van der Waals surface area contributed by atoms with Gasteiger partial charge in [-0.2, -0.15) is 0 Å². The summed E-state index contributed by atoms with van der Waals surface area (Å²) in [6.45, 7) is 0. The lowest BCUT2D eigenvalue weighted by Gasteiger charge is -2.26. The third-order valence-corrected chi connectivity index (χ3v) is 3.71. The number of hydrogen-bond acceptors (Lipinski definition) is 2. The third-order valence-electron chi connectivity index (χ3n) is 3.71. The second-order valence-electron chi connectivity index (χ2n) is 5.25. The molecule has 3 rings (SSSR count). The molecule has 0 unspecified atom stereocenters. The molecule has 0 aliphatic heterocycles. The molecular weight excluding hydrogens is 270 g/mol. The van der Waals surface area contributed by atoms with Crippen molar-refractivity contribution in [2.45, 2.75) is 12.1 Å². The van der Waals surface area contributed by atoms with Gasteiger partial charge >= 0.3 is 0 Å². The zero-order valence-corrected chi connectivity index (χ0v) is 12.3. The first kappa shape index (κ1) is 14.4. The first-order valence-corrected chi connectivity index (χ1v) is 7.44. The summed E-state index contributed by atoms with van der Waals surface area (Å²) in [7, 11) is 0. The minimum atomic E-state index is -0.621. The van der Waals surface area contributed by atoms with Crippen LogP contribution in [0.4, 0.5) is 5.69 Å². The molecule has 0 bridgehead atoms. The number of aliphatic hydroxyl groups is 1. The van der Waals surface area contributed by atoms with Gasteiger partial charge in [-0.15, -0.1) is 0 Å². The van der Waals surface area contributed by atoms with Crippen LogP contribution in [0.3, 0.4) is 0 Å². The Bertz CT molecular complexity index is 683. The molecule has 2 nitrogen and oxygen atoms in total. The molecule has 0 spiro atoms. The van der Waals surface area contributed by atoms with Crippen LogP contribution >= 0.6 is 0 Å². The molecule has 0 amide bonds. The Balaban J connectivity index is 1.93. The summed E-state index contributed by atoms with van der Waals surface area (Å²) in [4.78, 5) is 0. The number of benzene rings is 3. The fourth-order valence-electron chi connectivity index (χ4n) is 2.56. The van der Waals surface area contributed by atoms with Crippen molar-refractivity contribution in [3.8, 4) is 0 Å². The molecule has 0 aromatic heterocycles. The van der Waals surface area contributed by atoms with Crippen LogP contribution in [-0.2, 0) is 0 Å². The third kappa shape index (κ3) is 3.35. The van der Waals surface area contributed by atoms with Gasteiger partial charge in [-0.1, -0.05) is 78.9 Å². The molecule has 0 aliphatic rings. The van der Waals surface area contributed by atoms with Gasteiger partial charge in [0.05, 0.1) is 6.04 Å². The van der Waals surface area contributed by atoms with Gasteiger partial charge in [-0.05, 0) is 23.3 Å². The van der Waals surface area contributed by atoms with E-state index in [1.807, 2.05) is 91.0 Å². The highest BCUT2D eigenvalue weighted by Crippen LogP contribution is 2.31. The van der Waals surface area contributed by atoms with Crippen molar-refractivity contribution in [3.05, 3.63) is 102 Å². The highest BCUT2D eigenvalue weighted by molar-refractivity contribution is 5.46. The van der Waals surface area contributed by atoms with Crippen molar-refractivity contribution in [1.82, 2.24) is 0 Å². The maximum Gasteiger partial charge on any atom is 0.103 e. The first-order valence-electron chi connectivity index (χ1n) is 7.44. The van der Waals surface area contributed by atoms with Crippen molar-refractivity contribution >= 4 is 5.69 Å². The van der Waals surface area contributed by atoms with Crippen LogP contribution in [0.25, 0.3) is 0 Å². The Morgan fingerprint density at radius 2 is 1.05 bits per heavy atom. The van der Waals surface area contributed by atoms with Crippen LogP contribution in [0.2, 0.25) is 0 Å². The summed E-state index contributed by atoms with van der Waals surface area (Å²) in [5.41, 5.74) is 2.95. The number of para-hydroxylation sites is 1. The number of nitrogens with one attached hydrogen (secondary N) is 1. The summed E-state index contributed by atoms with van der Waals surface area (Å²) in [5, 5.41) is 14.3. The molecule has 3 aromatic carbocycles. The van der Waals surface area contributed by atoms with E-state index in [9.17, 15) is 5.11 Å². The second kappa shape index (κ2) is 6.92. The van der Waals surface area contributed by atoms with Gasteiger partial charge < -0.3 is 10.4 Å². The lowest BCUT2D eigenvalue weighted by atomic mass is 9.95. The summed E-state index contributed by atoms with van der Waals surface area (Å²) in [5.74, 6) is 0. The van der Waals surface area contributed by atoms with Gasteiger partial charge in [-0.25, -0.2) is 0 Å². The maximum absolute atomic E-state index is 10.8. The molecule has 2 heteroatoms. The lowest BCUT2D eigenvalue weighted by Crippen LogP contribution is -2.19. The molecule has 0 saturated carbocycles. The smallest absolute Gasteiger partial charge is 0.103 e. The Kier molecular flexibility index (Phi) is 4.52. The SMILES string of the molecule is O[C@H](c1ccccc1)[C@H](Nc1ccccc1)c1ccccc1. The average Bonchev–Trinajstić information content (AvgIpc) is 2.61. The molecule has 2 atom stereocenters. The standard InChI is InChI=1S/C20H19NO/c22-20(17-12-6-2-7-13-17)19(16-10-4-1-5-11-16)21-18-14-8-3-9-15-18/h1-15,19-22H/t19-,20-/m1/s1. The van der Waals surface area contributed by atoms with Gasteiger partial charge in [0.2, 0.25) is 0 Å². The van der Waals surface area contributed by atoms with E-state index in [1.165, 1.54) is 0 Å². The van der Waals surface area contributed by atoms with Gasteiger partial charge in [0.25, 0.3) is 0 Å². The van der Waals surface area contributed by atoms with Crippen LogP contribution in [0.15, 0.2) is 91.0 Å². The Hall–Kier alpha value is -2.58. The topological polar surface area (TPSA) is 32.3 Å². The van der Waals surface area contributed by atoms with Gasteiger partial charge in [0, 0.05) is 5.69 Å². The normalized spacial score (nSPS) is 13.3. The highest BCUT2D eigenvalue weighted by atomic mass is 16.3. The minimum absolute atomic E-state index is 0.203. The van der Waals surface area contributed by atoms with Gasteiger partial charge in [0.1, 0.15) is 6.10 Å². The number of anilines is 1. The summed E-state index contributed by atoms with van der Waals surface area (Å²) in [6.07, 6.45) is -0.621. The zero-order valence-electron chi connectivity index (χ0n) is 12.3. The van der Waals surface area contributed by atoms with E-state index in [0.717, 1.165) is 16.8 Å². The molecule has 2 N–H and O–H groups in total. The summed E-state index contributed by atoms with van der Waals surface area (Å²) < 4.78 is 0. The molecule has 0 heterocycles. The lowest BCUT2D eigenvalue weighted by molar-refractivity contribution is 0.155. The van der Waals surface area contributed by atoms with Gasteiger partial charge in [-0.3, -0.25) is 0 Å². The summed E-state index contributed by atoms with van der Waals surface area (Å²) in [6, 6.07) is 29.6. The second-order valence-corrected chi connectivity index (χ2v) is 5.25. The van der Waals surface area contributed by atoms with E-state index in [2.05, 4.69) is 5.32 Å². The predicted octanol–water partition coefficient (Wildman–Crippen LogP) is 4.57. The molecular formula is C20H19NO. The monoisotopic (exact) mass is 289 g/mol. The van der Waals surface area contributed by atoms with Gasteiger partial charge in [0.15, 0.2) is 0 Å². The number of aliphatic hydroxyl groups excluding tert-OH is 1. The van der Waals surface area contributed by atoms with Crippen molar-refractivity contribution in [2.75, 3.05) is 5.32 Å². The fraction of sp³-hybridized carbons (Fsp3) is 0.100. The van der Waals surface area contributed by atoms with Crippen LogP contribution in [0.5, 0.6) is 0 Å². The molecule has 0 aliphatic carbocycles. The average molecular weight is 289 g/mol. The van der Waals surface area contributed by atoms with Crippen molar-refractivity contribution < 1.29 is 5.11 Å². The van der Waals surface area contributed by atoms with Crippen LogP contribution < -0.4 is 5.32 Å². The summed E-state index contributed by atoms with van der Waals surface area (Å²) >= 11 is 0. The molecule has 0 fully saturated rings. The van der Waals surface area contributed by atoms with Crippen LogP contribution in [0.1, 0.15) is 23.3 Å². The van der Waals surface area contributed by atoms with Crippen LogP contribution in [-0.4, -0.2) is 5.11 Å². The van der Waals surface area contributed by atoms with E-state index in [0.29, 0.717) is 0 Å². The predicted molar refractivity (Wildman–Crippen MR) is 90.6 cm³/mol. The Labute approximate surface area is 131 Å².